The van der Waals surface area contributed by atoms with Crippen molar-refractivity contribution in [2.45, 2.75) is 13.0 Å². The van der Waals surface area contributed by atoms with Gasteiger partial charge in [0, 0.05) is 38.0 Å². The van der Waals surface area contributed by atoms with Crippen LogP contribution in [0.3, 0.4) is 0 Å². The van der Waals surface area contributed by atoms with E-state index in [1.54, 1.807) is 18.2 Å². The smallest absolute Gasteiger partial charge is 0.317 e. The van der Waals surface area contributed by atoms with Crippen molar-refractivity contribution >= 4 is 17.6 Å². The molecule has 2 aromatic rings. The van der Waals surface area contributed by atoms with Crippen LogP contribution in [0.25, 0.3) is 0 Å². The number of nitrogens with zero attached hydrogens (tertiary/aromatic N) is 2. The van der Waals surface area contributed by atoms with E-state index in [0.717, 1.165) is 17.5 Å². The molecule has 1 aromatic carbocycles. The lowest BCUT2D eigenvalue weighted by Crippen LogP contribution is -2.42. The number of H-pyrrole nitrogens is 1. The number of methoxy groups -OCH3 is 1. The third-order valence-electron chi connectivity index (χ3n) is 3.42. The largest absolute Gasteiger partial charge is 0.383 e. The molecule has 2 amide bonds. The lowest BCUT2D eigenvalue weighted by molar-refractivity contribution is 0.146. The zero-order valence-electron chi connectivity index (χ0n) is 13.1. The van der Waals surface area contributed by atoms with Crippen LogP contribution in [-0.4, -0.2) is 47.9 Å². The van der Waals surface area contributed by atoms with Gasteiger partial charge in [-0.15, -0.1) is 0 Å². The van der Waals surface area contributed by atoms with E-state index in [4.69, 9.17) is 16.3 Å². The molecule has 124 valence electrons. The number of hydrogen-bond donors (Lipinski definition) is 2. The number of aromatic amines is 1. The van der Waals surface area contributed by atoms with Crippen LogP contribution in [0.2, 0.25) is 5.02 Å². The van der Waals surface area contributed by atoms with Gasteiger partial charge in [0.25, 0.3) is 0 Å². The molecule has 6 nitrogen and oxygen atoms in total. The van der Waals surface area contributed by atoms with Gasteiger partial charge in [0.2, 0.25) is 0 Å². The van der Waals surface area contributed by atoms with Gasteiger partial charge in [-0.1, -0.05) is 29.8 Å². The number of nitrogens with one attached hydrogen (secondary N) is 2. The van der Waals surface area contributed by atoms with Gasteiger partial charge in [-0.2, -0.15) is 5.10 Å². The molecule has 0 aliphatic rings. The molecule has 0 aliphatic carbocycles. The molecule has 0 aliphatic heterocycles. The molecule has 0 fully saturated rings. The third kappa shape index (κ3) is 5.58. The van der Waals surface area contributed by atoms with Crippen LogP contribution in [0, 0.1) is 0 Å². The summed E-state index contributed by atoms with van der Waals surface area (Å²) in [6.07, 6.45) is 4.30. The van der Waals surface area contributed by atoms with Gasteiger partial charge in [0.1, 0.15) is 0 Å². The zero-order chi connectivity index (χ0) is 16.5. The summed E-state index contributed by atoms with van der Waals surface area (Å²) in [5.41, 5.74) is 1.97. The second-order valence-electron chi connectivity index (χ2n) is 5.09. The Bertz CT molecular complexity index is 604. The van der Waals surface area contributed by atoms with Crippen molar-refractivity contribution in [3.05, 3.63) is 52.8 Å². The molecule has 1 heterocycles. The van der Waals surface area contributed by atoms with E-state index in [9.17, 15) is 4.79 Å². The molecular weight excluding hydrogens is 316 g/mol. The number of amides is 2. The summed E-state index contributed by atoms with van der Waals surface area (Å²) in [4.78, 5) is 14.1. The molecule has 7 heteroatoms. The fraction of sp³-hybridized carbons (Fsp3) is 0.375. The van der Waals surface area contributed by atoms with E-state index in [0.29, 0.717) is 31.3 Å². The lowest BCUT2D eigenvalue weighted by atomic mass is 10.2. The van der Waals surface area contributed by atoms with Gasteiger partial charge >= 0.3 is 6.03 Å². The zero-order valence-corrected chi connectivity index (χ0v) is 13.8. The van der Waals surface area contributed by atoms with E-state index < -0.39 is 0 Å². The Balaban J connectivity index is 1.90. The van der Waals surface area contributed by atoms with Crippen molar-refractivity contribution in [2.24, 2.45) is 0 Å². The highest BCUT2D eigenvalue weighted by Gasteiger charge is 2.14. The molecule has 0 spiro atoms. The predicted molar refractivity (Wildman–Crippen MR) is 89.4 cm³/mol. The van der Waals surface area contributed by atoms with Crippen molar-refractivity contribution in [3.8, 4) is 0 Å². The monoisotopic (exact) mass is 336 g/mol. The number of benzene rings is 1. The maximum atomic E-state index is 12.4. The van der Waals surface area contributed by atoms with E-state index >= 15 is 0 Å². The fourth-order valence-electron chi connectivity index (χ4n) is 2.13. The summed E-state index contributed by atoms with van der Waals surface area (Å²) in [6, 6.07) is 7.39. The Morgan fingerprint density at radius 3 is 2.96 bits per heavy atom. The fourth-order valence-corrected chi connectivity index (χ4v) is 2.32. The van der Waals surface area contributed by atoms with E-state index in [1.165, 1.54) is 0 Å². The van der Waals surface area contributed by atoms with Gasteiger partial charge in [0.05, 0.1) is 12.8 Å². The Morgan fingerprint density at radius 1 is 1.43 bits per heavy atom. The normalized spacial score (nSPS) is 10.5. The third-order valence-corrected chi connectivity index (χ3v) is 3.79. The molecular formula is C16H21ClN4O2. The average Bonchev–Trinajstić information content (AvgIpc) is 3.06. The number of aromatic nitrogens is 2. The van der Waals surface area contributed by atoms with E-state index in [1.807, 2.05) is 30.5 Å². The van der Waals surface area contributed by atoms with Gasteiger partial charge in [-0.05, 0) is 23.6 Å². The van der Waals surface area contributed by atoms with Crippen LogP contribution < -0.4 is 5.32 Å². The first kappa shape index (κ1) is 17.3. The summed E-state index contributed by atoms with van der Waals surface area (Å²) in [6.45, 7) is 1.96. The first-order chi connectivity index (χ1) is 11.2. The van der Waals surface area contributed by atoms with E-state index in [2.05, 4.69) is 15.5 Å². The summed E-state index contributed by atoms with van der Waals surface area (Å²) in [5, 5.41) is 10.2. The molecule has 0 unspecified atom stereocenters. The quantitative estimate of drug-likeness (QED) is 0.778. The van der Waals surface area contributed by atoms with Crippen molar-refractivity contribution in [1.82, 2.24) is 20.4 Å². The lowest BCUT2D eigenvalue weighted by Gasteiger charge is -2.23. The molecule has 0 atom stereocenters. The number of rotatable bonds is 8. The molecule has 0 saturated carbocycles. The number of hydrogen-bond acceptors (Lipinski definition) is 3. The molecule has 0 radical (unpaired) electrons. The van der Waals surface area contributed by atoms with Crippen molar-refractivity contribution < 1.29 is 9.53 Å². The summed E-state index contributed by atoms with van der Waals surface area (Å²) in [7, 11) is 1.62. The topological polar surface area (TPSA) is 70.2 Å². The minimum atomic E-state index is -0.134. The van der Waals surface area contributed by atoms with Crippen molar-refractivity contribution in [1.29, 1.82) is 0 Å². The number of urea groups is 1. The minimum Gasteiger partial charge on any atom is -0.383 e. The van der Waals surface area contributed by atoms with Crippen LogP contribution in [-0.2, 0) is 17.7 Å². The van der Waals surface area contributed by atoms with Crippen LogP contribution in [0.15, 0.2) is 36.7 Å². The number of carbonyl (C=O) groups excluding carboxylic acids is 1. The average molecular weight is 337 g/mol. The highest BCUT2D eigenvalue weighted by molar-refractivity contribution is 6.31. The van der Waals surface area contributed by atoms with Crippen LogP contribution >= 0.6 is 11.6 Å². The molecule has 0 bridgehead atoms. The Labute approximate surface area is 140 Å². The maximum Gasteiger partial charge on any atom is 0.317 e. The second kappa shape index (κ2) is 9.17. The predicted octanol–water partition coefficient (Wildman–Crippen LogP) is 2.46. The number of ether oxygens (including phenoxy) is 1. The number of carbonyl (C=O) groups is 1. The summed E-state index contributed by atoms with van der Waals surface area (Å²) in [5.74, 6) is 0. The first-order valence-corrected chi connectivity index (χ1v) is 7.81. The molecule has 1 aromatic heterocycles. The molecule has 2 N–H and O–H groups in total. The Kier molecular flexibility index (Phi) is 6.90. The standard InChI is InChI=1S/C16H21ClN4O2/c1-23-9-8-21(12-14-4-2-3-5-15(14)17)16(22)18-7-6-13-10-19-20-11-13/h2-5,10-11H,6-9,12H2,1H3,(H,18,22)(H,19,20). The van der Waals surface area contributed by atoms with Crippen molar-refractivity contribution in [2.75, 3.05) is 26.8 Å². The van der Waals surface area contributed by atoms with E-state index in [-0.39, 0.29) is 6.03 Å². The van der Waals surface area contributed by atoms with Gasteiger partial charge in [0.15, 0.2) is 0 Å². The maximum absolute atomic E-state index is 12.4. The Morgan fingerprint density at radius 2 is 2.26 bits per heavy atom. The highest BCUT2D eigenvalue weighted by Crippen LogP contribution is 2.17. The summed E-state index contributed by atoms with van der Waals surface area (Å²) < 4.78 is 5.09. The summed E-state index contributed by atoms with van der Waals surface area (Å²) >= 11 is 6.18. The highest BCUT2D eigenvalue weighted by atomic mass is 35.5. The SMILES string of the molecule is COCCN(Cc1ccccc1Cl)C(=O)NCCc1cn[nH]c1. The first-order valence-electron chi connectivity index (χ1n) is 7.43. The van der Waals surface area contributed by atoms with Gasteiger partial charge in [-0.25, -0.2) is 4.79 Å². The van der Waals surface area contributed by atoms with Crippen LogP contribution in [0.1, 0.15) is 11.1 Å². The molecule has 2 rings (SSSR count). The van der Waals surface area contributed by atoms with Crippen LogP contribution in [0.4, 0.5) is 4.79 Å². The van der Waals surface area contributed by atoms with Gasteiger partial charge in [-0.3, -0.25) is 5.10 Å². The van der Waals surface area contributed by atoms with Crippen LogP contribution in [0.5, 0.6) is 0 Å². The number of halogens is 1. The minimum absolute atomic E-state index is 0.134. The second-order valence-corrected chi connectivity index (χ2v) is 5.50. The van der Waals surface area contributed by atoms with Gasteiger partial charge < -0.3 is 15.0 Å². The molecule has 0 saturated heterocycles. The van der Waals surface area contributed by atoms with Crippen molar-refractivity contribution in [3.63, 3.8) is 0 Å². The molecule has 23 heavy (non-hydrogen) atoms. The Hall–Kier alpha value is -2.05.